The van der Waals surface area contributed by atoms with E-state index in [1.807, 2.05) is 6.07 Å². The number of hydrogen-bond donors (Lipinski definition) is 2. The van der Waals surface area contributed by atoms with E-state index in [4.69, 9.17) is 4.52 Å². The van der Waals surface area contributed by atoms with Crippen molar-refractivity contribution in [3.8, 4) is 0 Å². The maximum atomic E-state index is 4.78. The van der Waals surface area contributed by atoms with Crippen LogP contribution < -0.4 is 10.6 Å². The molecule has 0 aliphatic heterocycles. The monoisotopic (exact) mass is 380 g/mol. The highest BCUT2D eigenvalue weighted by Crippen LogP contribution is 2.06. The highest BCUT2D eigenvalue weighted by molar-refractivity contribution is 14.0. The van der Waals surface area contributed by atoms with Crippen molar-refractivity contribution in [1.29, 1.82) is 0 Å². The average molecular weight is 380 g/mol. The molecule has 0 saturated heterocycles. The summed E-state index contributed by atoms with van der Waals surface area (Å²) in [5, 5.41) is 10.4. The van der Waals surface area contributed by atoms with Gasteiger partial charge in [0.2, 0.25) is 0 Å². The van der Waals surface area contributed by atoms with E-state index in [-0.39, 0.29) is 24.0 Å². The molecule has 1 unspecified atom stereocenters. The Labute approximate surface area is 132 Å². The number of aromatic nitrogens is 1. The van der Waals surface area contributed by atoms with Gasteiger partial charge in [-0.15, -0.1) is 24.0 Å². The van der Waals surface area contributed by atoms with E-state index in [9.17, 15) is 0 Å². The Morgan fingerprint density at radius 1 is 1.37 bits per heavy atom. The van der Waals surface area contributed by atoms with E-state index < -0.39 is 0 Å². The van der Waals surface area contributed by atoms with Crippen molar-refractivity contribution >= 4 is 29.9 Å². The molecule has 2 N–H and O–H groups in total. The third-order valence-corrected chi connectivity index (χ3v) is 2.71. The van der Waals surface area contributed by atoms with Crippen LogP contribution in [0.4, 0.5) is 0 Å². The van der Waals surface area contributed by atoms with E-state index in [0.717, 1.165) is 24.0 Å². The Bertz CT molecular complexity index is 352. The molecule has 0 aromatic carbocycles. The van der Waals surface area contributed by atoms with Gasteiger partial charge in [-0.25, -0.2) is 0 Å². The van der Waals surface area contributed by atoms with Gasteiger partial charge in [0.15, 0.2) is 5.96 Å². The van der Waals surface area contributed by atoms with Crippen LogP contribution in [0.1, 0.15) is 39.3 Å². The van der Waals surface area contributed by atoms with Crippen molar-refractivity contribution in [2.24, 2.45) is 10.9 Å². The fourth-order valence-electron chi connectivity index (χ4n) is 1.59. The van der Waals surface area contributed by atoms with Crippen LogP contribution in [-0.4, -0.2) is 24.2 Å². The quantitative estimate of drug-likeness (QED) is 0.453. The largest absolute Gasteiger partial charge is 0.364 e. The molecule has 0 radical (unpaired) electrons. The van der Waals surface area contributed by atoms with Crippen molar-refractivity contribution in [1.82, 2.24) is 15.8 Å². The number of nitrogens with one attached hydrogen (secondary N) is 2. The molecule has 0 fully saturated rings. The summed E-state index contributed by atoms with van der Waals surface area (Å²) in [7, 11) is 1.77. The summed E-state index contributed by atoms with van der Waals surface area (Å²) >= 11 is 0. The first kappa shape index (κ1) is 18.2. The number of rotatable bonds is 6. The Balaban J connectivity index is 0.00000324. The molecule has 6 heteroatoms. The van der Waals surface area contributed by atoms with Crippen molar-refractivity contribution in [2.75, 3.05) is 7.05 Å². The summed E-state index contributed by atoms with van der Waals surface area (Å²) < 4.78 is 4.78. The van der Waals surface area contributed by atoms with Gasteiger partial charge in [-0.1, -0.05) is 19.0 Å². The summed E-state index contributed by atoms with van der Waals surface area (Å²) in [5.41, 5.74) is 0.868. The Hall–Kier alpha value is -0.790. The van der Waals surface area contributed by atoms with Gasteiger partial charge >= 0.3 is 0 Å². The first-order valence-corrected chi connectivity index (χ1v) is 6.48. The van der Waals surface area contributed by atoms with E-state index in [1.165, 1.54) is 6.42 Å². The van der Waals surface area contributed by atoms with Crippen LogP contribution in [-0.2, 0) is 6.54 Å². The topological polar surface area (TPSA) is 62.5 Å². The summed E-state index contributed by atoms with van der Waals surface area (Å²) in [4.78, 5) is 4.19. The molecule has 0 aliphatic rings. The number of nitrogens with zero attached hydrogens (tertiary/aromatic N) is 2. The molecular formula is C13H25IN4O. The zero-order chi connectivity index (χ0) is 13.4. The van der Waals surface area contributed by atoms with Gasteiger partial charge in [0.05, 0.1) is 6.54 Å². The SMILES string of the molecule is CN=C(NCc1ccon1)NC(C)CCC(C)C.I. The maximum absolute atomic E-state index is 4.78. The smallest absolute Gasteiger partial charge is 0.191 e. The van der Waals surface area contributed by atoms with Gasteiger partial charge in [-0.3, -0.25) is 4.99 Å². The molecule has 0 amide bonds. The van der Waals surface area contributed by atoms with Crippen LogP contribution in [0.15, 0.2) is 21.8 Å². The minimum Gasteiger partial charge on any atom is -0.364 e. The Kier molecular flexibility index (Phi) is 9.63. The summed E-state index contributed by atoms with van der Waals surface area (Å²) in [6.07, 6.45) is 3.93. The second-order valence-electron chi connectivity index (χ2n) is 4.93. The first-order chi connectivity index (χ1) is 8.61. The fourth-order valence-corrected chi connectivity index (χ4v) is 1.59. The van der Waals surface area contributed by atoms with Crippen LogP contribution >= 0.6 is 24.0 Å². The summed E-state index contributed by atoms with van der Waals surface area (Å²) in [5.74, 6) is 1.54. The van der Waals surface area contributed by atoms with Crippen molar-refractivity contribution < 1.29 is 4.52 Å². The predicted molar refractivity (Wildman–Crippen MR) is 88.8 cm³/mol. The third kappa shape index (κ3) is 8.07. The van der Waals surface area contributed by atoms with Crippen molar-refractivity contribution in [3.05, 3.63) is 18.0 Å². The van der Waals surface area contributed by atoms with E-state index in [0.29, 0.717) is 12.6 Å². The molecule has 0 spiro atoms. The Morgan fingerprint density at radius 2 is 2.11 bits per heavy atom. The second kappa shape index (κ2) is 10.1. The molecule has 1 heterocycles. The van der Waals surface area contributed by atoms with Crippen LogP contribution in [0, 0.1) is 5.92 Å². The Morgan fingerprint density at radius 3 is 2.63 bits per heavy atom. The van der Waals surface area contributed by atoms with Crippen LogP contribution in [0.5, 0.6) is 0 Å². The number of hydrogen-bond acceptors (Lipinski definition) is 3. The van der Waals surface area contributed by atoms with E-state index in [2.05, 4.69) is 41.6 Å². The predicted octanol–water partition coefficient (Wildman–Crippen LogP) is 2.78. The lowest BCUT2D eigenvalue weighted by Crippen LogP contribution is -2.42. The molecule has 1 aromatic heterocycles. The summed E-state index contributed by atoms with van der Waals surface area (Å²) in [6, 6.07) is 2.25. The standard InChI is InChI=1S/C13H24N4O.HI/c1-10(2)5-6-11(3)16-13(14-4)15-9-12-7-8-18-17-12;/h7-8,10-11H,5-6,9H2,1-4H3,(H2,14,15,16);1H. The second-order valence-corrected chi connectivity index (χ2v) is 4.93. The number of aliphatic imine (C=N–C) groups is 1. The molecule has 1 aromatic rings. The molecule has 0 bridgehead atoms. The van der Waals surface area contributed by atoms with Gasteiger partial charge in [-0.05, 0) is 25.7 Å². The summed E-state index contributed by atoms with van der Waals surface area (Å²) in [6.45, 7) is 7.27. The number of guanidine groups is 1. The first-order valence-electron chi connectivity index (χ1n) is 6.48. The van der Waals surface area contributed by atoms with E-state index >= 15 is 0 Å². The normalized spacial score (nSPS) is 13.0. The third-order valence-electron chi connectivity index (χ3n) is 2.71. The zero-order valence-electron chi connectivity index (χ0n) is 12.1. The molecule has 1 rings (SSSR count). The lowest BCUT2D eigenvalue weighted by molar-refractivity contribution is 0.410. The number of halogens is 1. The van der Waals surface area contributed by atoms with Crippen molar-refractivity contribution in [2.45, 2.75) is 46.2 Å². The highest BCUT2D eigenvalue weighted by atomic mass is 127. The molecule has 0 aliphatic carbocycles. The van der Waals surface area contributed by atoms with Gasteiger partial charge in [0.1, 0.15) is 12.0 Å². The molecule has 5 nitrogen and oxygen atoms in total. The van der Waals surface area contributed by atoms with Crippen LogP contribution in [0.2, 0.25) is 0 Å². The average Bonchev–Trinajstić information content (AvgIpc) is 2.84. The lowest BCUT2D eigenvalue weighted by Gasteiger charge is -2.18. The van der Waals surface area contributed by atoms with Gasteiger partial charge in [0, 0.05) is 19.2 Å². The van der Waals surface area contributed by atoms with Crippen LogP contribution in [0.25, 0.3) is 0 Å². The molecule has 1 atom stereocenters. The highest BCUT2D eigenvalue weighted by Gasteiger charge is 2.06. The molecule has 110 valence electrons. The molecule has 0 saturated carbocycles. The van der Waals surface area contributed by atoms with Crippen molar-refractivity contribution in [3.63, 3.8) is 0 Å². The van der Waals surface area contributed by atoms with Crippen LogP contribution in [0.3, 0.4) is 0 Å². The maximum Gasteiger partial charge on any atom is 0.191 e. The zero-order valence-corrected chi connectivity index (χ0v) is 14.5. The minimum atomic E-state index is 0. The van der Waals surface area contributed by atoms with Gasteiger partial charge in [-0.2, -0.15) is 0 Å². The van der Waals surface area contributed by atoms with E-state index in [1.54, 1.807) is 13.3 Å². The van der Waals surface area contributed by atoms with Gasteiger partial charge in [0.25, 0.3) is 0 Å². The van der Waals surface area contributed by atoms with Gasteiger partial charge < -0.3 is 15.2 Å². The molecular weight excluding hydrogens is 355 g/mol. The fraction of sp³-hybridized carbons (Fsp3) is 0.692. The lowest BCUT2D eigenvalue weighted by atomic mass is 10.0. The minimum absolute atomic E-state index is 0. The molecule has 19 heavy (non-hydrogen) atoms.